The highest BCUT2D eigenvalue weighted by molar-refractivity contribution is 5.71. The lowest BCUT2D eigenvalue weighted by atomic mass is 9.96. The lowest BCUT2D eigenvalue weighted by molar-refractivity contribution is -0.143. The molecule has 3 heteroatoms. The second kappa shape index (κ2) is 6.59. The van der Waals surface area contributed by atoms with E-state index in [9.17, 15) is 4.79 Å². The van der Waals surface area contributed by atoms with Crippen molar-refractivity contribution < 1.29 is 9.53 Å². The summed E-state index contributed by atoms with van der Waals surface area (Å²) in [4.78, 5) is 11.5. The standard InChI is InChI=1S/C14H17NO2/c1-3-5-12(10-14(16)17-4-2)11-6-8-13(15)9-7-11/h6-9,12H,4,10,15H2,1-2H3. The number of nitrogens with two attached hydrogens (primary N) is 1. The highest BCUT2D eigenvalue weighted by atomic mass is 16.5. The number of hydrogen-bond donors (Lipinski definition) is 1. The van der Waals surface area contributed by atoms with Gasteiger partial charge in [-0.05, 0) is 31.5 Å². The van der Waals surface area contributed by atoms with E-state index in [1.165, 1.54) is 0 Å². The normalized spacial score (nSPS) is 11.2. The largest absolute Gasteiger partial charge is 0.466 e. The molecule has 3 nitrogen and oxygen atoms in total. The van der Waals surface area contributed by atoms with Crippen LogP contribution in [0.3, 0.4) is 0 Å². The Bertz CT molecular complexity index is 426. The van der Waals surface area contributed by atoms with E-state index in [-0.39, 0.29) is 18.3 Å². The van der Waals surface area contributed by atoms with Crippen molar-refractivity contribution in [2.45, 2.75) is 26.2 Å². The van der Waals surface area contributed by atoms with Crippen molar-refractivity contribution in [2.75, 3.05) is 12.3 Å². The molecule has 2 N–H and O–H groups in total. The molecule has 0 amide bonds. The fourth-order valence-electron chi connectivity index (χ4n) is 1.54. The summed E-state index contributed by atoms with van der Waals surface area (Å²) >= 11 is 0. The molecular weight excluding hydrogens is 214 g/mol. The van der Waals surface area contributed by atoms with Gasteiger partial charge < -0.3 is 10.5 Å². The van der Waals surface area contributed by atoms with Crippen LogP contribution in [0.15, 0.2) is 24.3 Å². The fourth-order valence-corrected chi connectivity index (χ4v) is 1.54. The fraction of sp³-hybridized carbons (Fsp3) is 0.357. The van der Waals surface area contributed by atoms with Gasteiger partial charge in [-0.2, -0.15) is 0 Å². The Morgan fingerprint density at radius 2 is 2.06 bits per heavy atom. The summed E-state index contributed by atoms with van der Waals surface area (Å²) in [6, 6.07) is 7.41. The van der Waals surface area contributed by atoms with E-state index >= 15 is 0 Å². The van der Waals surface area contributed by atoms with Gasteiger partial charge in [-0.15, -0.1) is 5.92 Å². The van der Waals surface area contributed by atoms with Crippen molar-refractivity contribution in [2.24, 2.45) is 0 Å². The zero-order valence-corrected chi connectivity index (χ0v) is 10.2. The molecule has 0 fully saturated rings. The first-order valence-electron chi connectivity index (χ1n) is 5.60. The van der Waals surface area contributed by atoms with Gasteiger partial charge in [0, 0.05) is 5.69 Å². The number of rotatable bonds is 4. The van der Waals surface area contributed by atoms with Crippen LogP contribution in [0.25, 0.3) is 0 Å². The summed E-state index contributed by atoms with van der Waals surface area (Å²) in [7, 11) is 0. The van der Waals surface area contributed by atoms with E-state index in [4.69, 9.17) is 10.5 Å². The number of carbonyl (C=O) groups is 1. The summed E-state index contributed by atoms with van der Waals surface area (Å²) in [5, 5.41) is 0. The van der Waals surface area contributed by atoms with Crippen molar-refractivity contribution >= 4 is 11.7 Å². The molecule has 0 bridgehead atoms. The highest BCUT2D eigenvalue weighted by Gasteiger charge is 2.14. The first kappa shape index (κ1) is 13.1. The number of esters is 1. The third-order valence-corrected chi connectivity index (χ3v) is 2.33. The zero-order chi connectivity index (χ0) is 12.7. The van der Waals surface area contributed by atoms with Gasteiger partial charge in [0.1, 0.15) is 0 Å². The molecule has 0 aliphatic carbocycles. The van der Waals surface area contributed by atoms with E-state index in [2.05, 4.69) is 11.8 Å². The molecular formula is C14H17NO2. The minimum absolute atomic E-state index is 0.125. The first-order chi connectivity index (χ1) is 8.17. The van der Waals surface area contributed by atoms with Crippen LogP contribution in [0.2, 0.25) is 0 Å². The third-order valence-electron chi connectivity index (χ3n) is 2.33. The molecule has 0 spiro atoms. The summed E-state index contributed by atoms with van der Waals surface area (Å²) in [5.41, 5.74) is 7.31. The van der Waals surface area contributed by atoms with Gasteiger partial charge in [0.05, 0.1) is 18.9 Å². The van der Waals surface area contributed by atoms with Gasteiger partial charge in [-0.1, -0.05) is 18.1 Å². The molecule has 17 heavy (non-hydrogen) atoms. The molecule has 1 aromatic carbocycles. The zero-order valence-electron chi connectivity index (χ0n) is 10.2. The SMILES string of the molecule is CC#CC(CC(=O)OCC)c1ccc(N)cc1. The second-order valence-corrected chi connectivity index (χ2v) is 3.62. The number of hydrogen-bond acceptors (Lipinski definition) is 3. The summed E-state index contributed by atoms with van der Waals surface area (Å²) < 4.78 is 4.93. The average Bonchev–Trinajstić information content (AvgIpc) is 2.30. The quantitative estimate of drug-likeness (QED) is 0.491. The monoisotopic (exact) mass is 231 g/mol. The number of benzene rings is 1. The molecule has 90 valence electrons. The first-order valence-corrected chi connectivity index (χ1v) is 5.60. The number of ether oxygens (including phenoxy) is 1. The molecule has 0 saturated carbocycles. The highest BCUT2D eigenvalue weighted by Crippen LogP contribution is 2.20. The van der Waals surface area contributed by atoms with E-state index in [0.29, 0.717) is 12.3 Å². The van der Waals surface area contributed by atoms with Crippen LogP contribution in [0, 0.1) is 11.8 Å². The van der Waals surface area contributed by atoms with Crippen molar-refractivity contribution in [3.8, 4) is 11.8 Å². The van der Waals surface area contributed by atoms with Crippen molar-refractivity contribution in [1.82, 2.24) is 0 Å². The van der Waals surface area contributed by atoms with Crippen LogP contribution >= 0.6 is 0 Å². The van der Waals surface area contributed by atoms with Gasteiger partial charge in [0.25, 0.3) is 0 Å². The maximum atomic E-state index is 11.5. The Morgan fingerprint density at radius 1 is 1.41 bits per heavy atom. The van der Waals surface area contributed by atoms with E-state index < -0.39 is 0 Å². The van der Waals surface area contributed by atoms with Crippen LogP contribution in [0.5, 0.6) is 0 Å². The lowest BCUT2D eigenvalue weighted by Crippen LogP contribution is -2.09. The van der Waals surface area contributed by atoms with Crippen LogP contribution in [0.4, 0.5) is 5.69 Å². The minimum atomic E-state index is -0.225. The molecule has 0 aliphatic rings. The average molecular weight is 231 g/mol. The minimum Gasteiger partial charge on any atom is -0.466 e. The van der Waals surface area contributed by atoms with E-state index in [1.54, 1.807) is 13.8 Å². The second-order valence-electron chi connectivity index (χ2n) is 3.62. The molecule has 0 aliphatic heterocycles. The summed E-state index contributed by atoms with van der Waals surface area (Å²) in [5.74, 6) is 5.51. The summed E-state index contributed by atoms with van der Waals surface area (Å²) in [6.07, 6.45) is 0.276. The van der Waals surface area contributed by atoms with Crippen molar-refractivity contribution in [3.05, 3.63) is 29.8 Å². The molecule has 0 aromatic heterocycles. The lowest BCUT2D eigenvalue weighted by Gasteiger charge is -2.10. The number of nitrogen functional groups attached to an aromatic ring is 1. The van der Waals surface area contributed by atoms with Gasteiger partial charge >= 0.3 is 5.97 Å². The van der Waals surface area contributed by atoms with Gasteiger partial charge in [0.2, 0.25) is 0 Å². The molecule has 0 saturated heterocycles. The summed E-state index contributed by atoms with van der Waals surface area (Å²) in [6.45, 7) is 3.95. The Kier molecular flexibility index (Phi) is 5.09. The van der Waals surface area contributed by atoms with Crippen LogP contribution in [-0.2, 0) is 9.53 Å². The topological polar surface area (TPSA) is 52.3 Å². The van der Waals surface area contributed by atoms with Crippen molar-refractivity contribution in [3.63, 3.8) is 0 Å². The predicted molar refractivity (Wildman–Crippen MR) is 68.3 cm³/mol. The molecule has 1 aromatic rings. The van der Waals surface area contributed by atoms with Gasteiger partial charge in [-0.3, -0.25) is 4.79 Å². The van der Waals surface area contributed by atoms with Crippen LogP contribution in [0.1, 0.15) is 31.7 Å². The molecule has 1 atom stereocenters. The smallest absolute Gasteiger partial charge is 0.307 e. The molecule has 0 heterocycles. The van der Waals surface area contributed by atoms with E-state index in [0.717, 1.165) is 5.56 Å². The van der Waals surface area contributed by atoms with Crippen LogP contribution < -0.4 is 5.73 Å². The predicted octanol–water partition coefficient (Wildman–Crippen LogP) is 2.33. The van der Waals surface area contributed by atoms with Crippen LogP contribution in [-0.4, -0.2) is 12.6 Å². The van der Waals surface area contributed by atoms with Gasteiger partial charge in [-0.25, -0.2) is 0 Å². The van der Waals surface area contributed by atoms with Gasteiger partial charge in [0.15, 0.2) is 0 Å². The van der Waals surface area contributed by atoms with E-state index in [1.807, 2.05) is 24.3 Å². The third kappa shape index (κ3) is 4.20. The Hall–Kier alpha value is -1.95. The molecule has 0 radical (unpaired) electrons. The maximum Gasteiger partial charge on any atom is 0.307 e. The Balaban J connectivity index is 2.81. The Morgan fingerprint density at radius 3 is 2.59 bits per heavy atom. The number of anilines is 1. The number of carbonyl (C=O) groups excluding carboxylic acids is 1. The molecule has 1 unspecified atom stereocenters. The van der Waals surface area contributed by atoms with Crippen molar-refractivity contribution in [1.29, 1.82) is 0 Å². The Labute approximate surface area is 102 Å². The molecule has 1 rings (SSSR count). The maximum absolute atomic E-state index is 11.5.